The number of hydrogen-bond donors (Lipinski definition) is 1. The summed E-state index contributed by atoms with van der Waals surface area (Å²) in [5.41, 5.74) is 4.80. The average Bonchev–Trinajstić information content (AvgIpc) is 2.86. The summed E-state index contributed by atoms with van der Waals surface area (Å²) in [5.74, 6) is 0.157. The van der Waals surface area contributed by atoms with Crippen molar-refractivity contribution in [3.8, 4) is 16.9 Å². The van der Waals surface area contributed by atoms with Gasteiger partial charge in [0.2, 0.25) is 0 Å². The SMILES string of the molecule is Cc1cccc(-n2[nH]c(-c3ccccc3)c(C(C)C)c2=O)c1. The summed E-state index contributed by atoms with van der Waals surface area (Å²) in [6, 6.07) is 18.0. The molecule has 1 aromatic heterocycles. The molecule has 0 saturated carbocycles. The Balaban J connectivity index is 2.25. The van der Waals surface area contributed by atoms with Crippen LogP contribution in [0.1, 0.15) is 30.9 Å². The Bertz CT molecular complexity index is 841. The van der Waals surface area contributed by atoms with Crippen molar-refractivity contribution in [1.82, 2.24) is 9.78 Å². The van der Waals surface area contributed by atoms with Crippen LogP contribution in [0.25, 0.3) is 16.9 Å². The van der Waals surface area contributed by atoms with Crippen molar-refractivity contribution in [3.05, 3.63) is 76.1 Å². The van der Waals surface area contributed by atoms with E-state index < -0.39 is 0 Å². The van der Waals surface area contributed by atoms with E-state index in [2.05, 4.69) is 18.9 Å². The topological polar surface area (TPSA) is 37.8 Å². The van der Waals surface area contributed by atoms with Gasteiger partial charge in [0.25, 0.3) is 5.56 Å². The predicted octanol–water partition coefficient (Wildman–Crippen LogP) is 4.26. The van der Waals surface area contributed by atoms with Crippen molar-refractivity contribution >= 4 is 0 Å². The Morgan fingerprint density at radius 3 is 2.36 bits per heavy atom. The third-order valence-electron chi connectivity index (χ3n) is 3.83. The van der Waals surface area contributed by atoms with E-state index in [1.807, 2.05) is 61.5 Å². The molecule has 0 spiro atoms. The maximum absolute atomic E-state index is 12.8. The molecule has 112 valence electrons. The lowest BCUT2D eigenvalue weighted by molar-refractivity contribution is 0.825. The van der Waals surface area contributed by atoms with Crippen molar-refractivity contribution < 1.29 is 0 Å². The van der Waals surface area contributed by atoms with E-state index in [1.165, 1.54) is 0 Å². The highest BCUT2D eigenvalue weighted by molar-refractivity contribution is 5.63. The molecule has 0 aliphatic heterocycles. The zero-order valence-electron chi connectivity index (χ0n) is 13.1. The van der Waals surface area contributed by atoms with Gasteiger partial charge in [-0.15, -0.1) is 0 Å². The lowest BCUT2D eigenvalue weighted by Gasteiger charge is -2.04. The highest BCUT2D eigenvalue weighted by Crippen LogP contribution is 2.25. The normalized spacial score (nSPS) is 11.1. The van der Waals surface area contributed by atoms with Gasteiger partial charge in [0.05, 0.1) is 11.4 Å². The van der Waals surface area contributed by atoms with E-state index in [0.29, 0.717) is 0 Å². The van der Waals surface area contributed by atoms with E-state index in [0.717, 1.165) is 28.1 Å². The predicted molar refractivity (Wildman–Crippen MR) is 90.7 cm³/mol. The van der Waals surface area contributed by atoms with Crippen molar-refractivity contribution in [3.63, 3.8) is 0 Å². The second-order valence-electron chi connectivity index (χ2n) is 5.90. The lowest BCUT2D eigenvalue weighted by atomic mass is 9.99. The number of hydrogen-bond acceptors (Lipinski definition) is 1. The molecule has 0 radical (unpaired) electrons. The second-order valence-corrected chi connectivity index (χ2v) is 5.90. The quantitative estimate of drug-likeness (QED) is 0.769. The monoisotopic (exact) mass is 292 g/mol. The van der Waals surface area contributed by atoms with Crippen LogP contribution in [0.5, 0.6) is 0 Å². The van der Waals surface area contributed by atoms with Crippen LogP contribution >= 0.6 is 0 Å². The van der Waals surface area contributed by atoms with Gasteiger partial charge in [-0.2, -0.15) is 0 Å². The molecule has 3 aromatic rings. The molecule has 22 heavy (non-hydrogen) atoms. The number of nitrogens with zero attached hydrogens (tertiary/aromatic N) is 1. The van der Waals surface area contributed by atoms with Gasteiger partial charge in [0.1, 0.15) is 0 Å². The minimum absolute atomic E-state index is 0.0273. The summed E-state index contributed by atoms with van der Waals surface area (Å²) in [6.45, 7) is 6.13. The number of H-pyrrole nitrogens is 1. The number of aryl methyl sites for hydroxylation is 1. The summed E-state index contributed by atoms with van der Waals surface area (Å²) < 4.78 is 1.64. The number of nitrogens with one attached hydrogen (secondary N) is 1. The largest absolute Gasteiger partial charge is 0.290 e. The van der Waals surface area contributed by atoms with E-state index in [-0.39, 0.29) is 11.5 Å². The van der Waals surface area contributed by atoms with Gasteiger partial charge in [0.15, 0.2) is 0 Å². The second kappa shape index (κ2) is 5.68. The smallest absolute Gasteiger partial charge is 0.275 e. The van der Waals surface area contributed by atoms with Crippen LogP contribution in [0.4, 0.5) is 0 Å². The summed E-state index contributed by atoms with van der Waals surface area (Å²) in [7, 11) is 0. The molecule has 3 heteroatoms. The Morgan fingerprint density at radius 2 is 1.73 bits per heavy atom. The molecule has 3 rings (SSSR count). The summed E-state index contributed by atoms with van der Waals surface area (Å²) >= 11 is 0. The molecule has 0 saturated heterocycles. The molecule has 0 aliphatic carbocycles. The first kappa shape index (κ1) is 14.4. The maximum atomic E-state index is 12.8. The van der Waals surface area contributed by atoms with Crippen molar-refractivity contribution in [2.45, 2.75) is 26.7 Å². The Labute approximate surface area is 130 Å². The molecule has 1 N–H and O–H groups in total. The fourth-order valence-electron chi connectivity index (χ4n) is 2.76. The highest BCUT2D eigenvalue weighted by atomic mass is 16.1. The van der Waals surface area contributed by atoms with Gasteiger partial charge in [0, 0.05) is 5.56 Å². The molecule has 0 bridgehead atoms. The molecule has 0 unspecified atom stereocenters. The zero-order chi connectivity index (χ0) is 15.7. The molecule has 0 atom stereocenters. The van der Waals surface area contributed by atoms with Crippen molar-refractivity contribution in [1.29, 1.82) is 0 Å². The standard InChI is InChI=1S/C19H20N2O/c1-13(2)17-18(15-9-5-4-6-10-15)20-21(19(17)22)16-11-7-8-14(3)12-16/h4-13,20H,1-3H3. The fourth-order valence-corrected chi connectivity index (χ4v) is 2.76. The first-order valence-corrected chi connectivity index (χ1v) is 7.55. The summed E-state index contributed by atoms with van der Waals surface area (Å²) in [6.07, 6.45) is 0. The van der Waals surface area contributed by atoms with Crippen LogP contribution in [0.15, 0.2) is 59.4 Å². The fraction of sp³-hybridized carbons (Fsp3) is 0.211. The molecule has 1 heterocycles. The van der Waals surface area contributed by atoms with Crippen molar-refractivity contribution in [2.24, 2.45) is 0 Å². The Morgan fingerprint density at radius 1 is 1.00 bits per heavy atom. The van der Waals surface area contributed by atoms with Gasteiger partial charge in [-0.05, 0) is 36.1 Å². The van der Waals surface area contributed by atoms with E-state index in [1.54, 1.807) is 4.68 Å². The molecular formula is C19H20N2O. The van der Waals surface area contributed by atoms with Crippen LogP contribution in [0.2, 0.25) is 0 Å². The third kappa shape index (κ3) is 2.50. The number of aromatic nitrogens is 2. The van der Waals surface area contributed by atoms with Crippen LogP contribution in [-0.4, -0.2) is 9.78 Å². The third-order valence-corrected chi connectivity index (χ3v) is 3.83. The van der Waals surface area contributed by atoms with Gasteiger partial charge in [-0.1, -0.05) is 56.3 Å². The van der Waals surface area contributed by atoms with Gasteiger partial charge >= 0.3 is 0 Å². The Kier molecular flexibility index (Phi) is 3.72. The molecule has 0 amide bonds. The van der Waals surface area contributed by atoms with Crippen LogP contribution in [0.3, 0.4) is 0 Å². The zero-order valence-corrected chi connectivity index (χ0v) is 13.1. The van der Waals surface area contributed by atoms with Crippen LogP contribution in [0, 0.1) is 6.92 Å². The average molecular weight is 292 g/mol. The lowest BCUT2D eigenvalue weighted by Crippen LogP contribution is -2.18. The van der Waals surface area contributed by atoms with Gasteiger partial charge in [-0.25, -0.2) is 4.68 Å². The molecule has 3 nitrogen and oxygen atoms in total. The maximum Gasteiger partial charge on any atom is 0.275 e. The number of rotatable bonds is 3. The van der Waals surface area contributed by atoms with E-state index in [4.69, 9.17) is 0 Å². The molecule has 2 aromatic carbocycles. The number of benzene rings is 2. The van der Waals surface area contributed by atoms with Crippen molar-refractivity contribution in [2.75, 3.05) is 0 Å². The van der Waals surface area contributed by atoms with Crippen LogP contribution in [-0.2, 0) is 0 Å². The molecule has 0 fully saturated rings. The summed E-state index contributed by atoms with van der Waals surface area (Å²) in [5, 5.41) is 3.30. The minimum Gasteiger partial charge on any atom is -0.290 e. The first-order chi connectivity index (χ1) is 10.6. The summed E-state index contributed by atoms with van der Waals surface area (Å²) in [4.78, 5) is 12.8. The highest BCUT2D eigenvalue weighted by Gasteiger charge is 2.19. The molecule has 0 aliphatic rings. The molecular weight excluding hydrogens is 272 g/mol. The Hall–Kier alpha value is -2.55. The van der Waals surface area contributed by atoms with E-state index >= 15 is 0 Å². The van der Waals surface area contributed by atoms with Gasteiger partial charge < -0.3 is 0 Å². The van der Waals surface area contributed by atoms with Gasteiger partial charge in [-0.3, -0.25) is 9.89 Å². The minimum atomic E-state index is 0.0273. The van der Waals surface area contributed by atoms with Crippen LogP contribution < -0.4 is 5.56 Å². The first-order valence-electron chi connectivity index (χ1n) is 7.55. The number of aromatic amines is 1. The van der Waals surface area contributed by atoms with E-state index in [9.17, 15) is 4.79 Å².